The SMILES string of the molecule is CCN(CC(=O)NC)S(=O)(=O)c1c[nH]c(=O)c(Cl)c1. The van der Waals surface area contributed by atoms with E-state index < -0.39 is 21.5 Å². The third kappa shape index (κ3) is 3.55. The largest absolute Gasteiger partial charge is 0.358 e. The van der Waals surface area contributed by atoms with Crippen LogP contribution in [-0.2, 0) is 14.8 Å². The summed E-state index contributed by atoms with van der Waals surface area (Å²) in [6.07, 6.45) is 1.05. The van der Waals surface area contributed by atoms with Crippen LogP contribution in [0.25, 0.3) is 0 Å². The Morgan fingerprint density at radius 1 is 1.53 bits per heavy atom. The van der Waals surface area contributed by atoms with E-state index in [-0.39, 0.29) is 23.0 Å². The molecule has 2 N–H and O–H groups in total. The number of hydrogen-bond acceptors (Lipinski definition) is 4. The molecule has 19 heavy (non-hydrogen) atoms. The summed E-state index contributed by atoms with van der Waals surface area (Å²) in [5.41, 5.74) is -0.574. The molecule has 0 radical (unpaired) electrons. The number of hydrogen-bond donors (Lipinski definition) is 2. The number of nitrogens with one attached hydrogen (secondary N) is 2. The van der Waals surface area contributed by atoms with Crippen molar-refractivity contribution < 1.29 is 13.2 Å². The maximum Gasteiger partial charge on any atom is 0.266 e. The molecule has 1 aromatic heterocycles. The second kappa shape index (κ2) is 6.18. The molecule has 1 rings (SSSR count). The average Bonchev–Trinajstić information content (AvgIpc) is 2.38. The number of H-pyrrole nitrogens is 1. The molecule has 0 aliphatic carbocycles. The molecule has 0 saturated carbocycles. The van der Waals surface area contributed by atoms with Crippen LogP contribution >= 0.6 is 11.6 Å². The summed E-state index contributed by atoms with van der Waals surface area (Å²) in [5, 5.41) is 2.12. The molecule has 1 amide bonds. The number of carbonyl (C=O) groups is 1. The summed E-state index contributed by atoms with van der Waals surface area (Å²) in [6.45, 7) is 1.42. The number of pyridine rings is 1. The van der Waals surface area contributed by atoms with Gasteiger partial charge in [-0.2, -0.15) is 4.31 Å². The van der Waals surface area contributed by atoms with E-state index in [4.69, 9.17) is 11.6 Å². The molecule has 0 saturated heterocycles. The minimum absolute atomic E-state index is 0.118. The van der Waals surface area contributed by atoms with Crippen molar-refractivity contribution in [2.45, 2.75) is 11.8 Å². The quantitative estimate of drug-likeness (QED) is 0.786. The third-order valence-electron chi connectivity index (χ3n) is 2.42. The van der Waals surface area contributed by atoms with Gasteiger partial charge in [-0.25, -0.2) is 8.42 Å². The minimum atomic E-state index is -3.88. The van der Waals surface area contributed by atoms with Crippen LogP contribution < -0.4 is 10.9 Å². The van der Waals surface area contributed by atoms with Crippen molar-refractivity contribution >= 4 is 27.5 Å². The van der Waals surface area contributed by atoms with Crippen LogP contribution in [0.5, 0.6) is 0 Å². The van der Waals surface area contributed by atoms with E-state index in [1.165, 1.54) is 7.05 Å². The van der Waals surface area contributed by atoms with Crippen LogP contribution in [0.4, 0.5) is 0 Å². The maximum atomic E-state index is 12.2. The zero-order valence-electron chi connectivity index (χ0n) is 10.4. The third-order valence-corrected chi connectivity index (χ3v) is 4.60. The Hall–Kier alpha value is -1.38. The van der Waals surface area contributed by atoms with Gasteiger partial charge in [-0.1, -0.05) is 18.5 Å². The lowest BCUT2D eigenvalue weighted by Gasteiger charge is -2.19. The molecule has 0 bridgehead atoms. The van der Waals surface area contributed by atoms with Crippen LogP contribution in [0.3, 0.4) is 0 Å². The predicted octanol–water partition coefficient (Wildman–Crippen LogP) is -0.215. The maximum absolute atomic E-state index is 12.2. The van der Waals surface area contributed by atoms with Gasteiger partial charge in [0, 0.05) is 19.8 Å². The average molecular weight is 308 g/mol. The van der Waals surface area contributed by atoms with Gasteiger partial charge >= 0.3 is 0 Å². The van der Waals surface area contributed by atoms with Crippen molar-refractivity contribution in [2.75, 3.05) is 20.1 Å². The van der Waals surface area contributed by atoms with E-state index in [1.807, 2.05) is 0 Å². The summed E-state index contributed by atoms with van der Waals surface area (Å²) in [6, 6.07) is 1.06. The fraction of sp³-hybridized carbons (Fsp3) is 0.400. The van der Waals surface area contributed by atoms with Gasteiger partial charge in [-0.15, -0.1) is 0 Å². The summed E-state index contributed by atoms with van der Waals surface area (Å²) in [5.74, 6) is -0.430. The van der Waals surface area contributed by atoms with Gasteiger partial charge in [-0.3, -0.25) is 9.59 Å². The highest BCUT2D eigenvalue weighted by Gasteiger charge is 2.25. The first-order chi connectivity index (χ1) is 8.82. The van der Waals surface area contributed by atoms with Crippen molar-refractivity contribution in [1.29, 1.82) is 0 Å². The van der Waals surface area contributed by atoms with Crippen molar-refractivity contribution in [3.63, 3.8) is 0 Å². The molecular formula is C10H14ClN3O4S. The fourth-order valence-electron chi connectivity index (χ4n) is 1.34. The number of amides is 1. The van der Waals surface area contributed by atoms with Crippen LogP contribution in [0.15, 0.2) is 22.0 Å². The number of nitrogens with zero attached hydrogens (tertiary/aromatic N) is 1. The molecule has 0 aliphatic heterocycles. The predicted molar refractivity (Wildman–Crippen MR) is 70.6 cm³/mol. The second-order valence-corrected chi connectivity index (χ2v) is 5.96. The molecule has 9 heteroatoms. The first-order valence-corrected chi connectivity index (χ1v) is 7.23. The lowest BCUT2D eigenvalue weighted by Crippen LogP contribution is -2.39. The van der Waals surface area contributed by atoms with Crippen molar-refractivity contribution in [3.8, 4) is 0 Å². The van der Waals surface area contributed by atoms with Gasteiger partial charge < -0.3 is 10.3 Å². The Morgan fingerprint density at radius 2 is 2.16 bits per heavy atom. The van der Waals surface area contributed by atoms with Crippen LogP contribution in [0.2, 0.25) is 5.02 Å². The zero-order valence-corrected chi connectivity index (χ0v) is 12.0. The highest BCUT2D eigenvalue weighted by molar-refractivity contribution is 7.89. The van der Waals surface area contributed by atoms with Gasteiger partial charge in [0.2, 0.25) is 15.9 Å². The van der Waals surface area contributed by atoms with Gasteiger partial charge in [0.25, 0.3) is 5.56 Å². The fourth-order valence-corrected chi connectivity index (χ4v) is 2.98. The topological polar surface area (TPSA) is 99.3 Å². The molecule has 0 atom stereocenters. The molecule has 0 fully saturated rings. The summed E-state index contributed by atoms with van der Waals surface area (Å²) in [7, 11) is -2.46. The molecule has 0 unspecified atom stereocenters. The zero-order chi connectivity index (χ0) is 14.6. The Kier molecular flexibility index (Phi) is 5.10. The number of aromatic nitrogens is 1. The smallest absolute Gasteiger partial charge is 0.266 e. The first-order valence-electron chi connectivity index (χ1n) is 5.42. The molecule has 106 valence electrons. The number of likely N-dealkylation sites (N-methyl/N-ethyl adjacent to an activating group) is 2. The van der Waals surface area contributed by atoms with E-state index in [0.717, 1.165) is 16.6 Å². The Bertz CT molecular complexity index is 626. The Labute approximate surface area is 115 Å². The highest BCUT2D eigenvalue weighted by Crippen LogP contribution is 2.16. The summed E-state index contributed by atoms with van der Waals surface area (Å²) in [4.78, 5) is 24.4. The first kappa shape index (κ1) is 15.7. The van der Waals surface area contributed by atoms with E-state index in [1.54, 1.807) is 6.92 Å². The standard InChI is InChI=1S/C10H14ClN3O4S/c1-3-14(6-9(15)12-2)19(17,18)7-4-8(11)10(16)13-5-7/h4-5H,3,6H2,1-2H3,(H,12,15)(H,13,16). The molecule has 1 heterocycles. The van der Waals surface area contributed by atoms with Gasteiger partial charge in [0.15, 0.2) is 0 Å². The van der Waals surface area contributed by atoms with E-state index in [0.29, 0.717) is 0 Å². The van der Waals surface area contributed by atoms with Gasteiger partial charge in [0.1, 0.15) is 5.02 Å². The summed E-state index contributed by atoms with van der Waals surface area (Å²) >= 11 is 5.59. The molecule has 7 nitrogen and oxygen atoms in total. The molecule has 0 spiro atoms. The van der Waals surface area contributed by atoms with E-state index in [2.05, 4.69) is 10.3 Å². The lowest BCUT2D eigenvalue weighted by molar-refractivity contribution is -0.120. The van der Waals surface area contributed by atoms with E-state index in [9.17, 15) is 18.0 Å². The minimum Gasteiger partial charge on any atom is -0.358 e. The molecular weight excluding hydrogens is 294 g/mol. The van der Waals surface area contributed by atoms with Gasteiger partial charge in [0.05, 0.1) is 11.4 Å². The number of halogens is 1. The number of carbonyl (C=O) groups excluding carboxylic acids is 1. The second-order valence-electron chi connectivity index (χ2n) is 3.62. The number of aromatic amines is 1. The van der Waals surface area contributed by atoms with Crippen LogP contribution in [-0.4, -0.2) is 43.8 Å². The van der Waals surface area contributed by atoms with Crippen molar-refractivity contribution in [3.05, 3.63) is 27.6 Å². The highest BCUT2D eigenvalue weighted by atomic mass is 35.5. The van der Waals surface area contributed by atoms with Crippen molar-refractivity contribution in [2.24, 2.45) is 0 Å². The summed E-state index contributed by atoms with van der Waals surface area (Å²) < 4.78 is 25.5. The lowest BCUT2D eigenvalue weighted by atomic mass is 10.5. The number of rotatable bonds is 5. The molecule has 0 aliphatic rings. The van der Waals surface area contributed by atoms with Crippen molar-refractivity contribution in [1.82, 2.24) is 14.6 Å². The van der Waals surface area contributed by atoms with Crippen LogP contribution in [0.1, 0.15) is 6.92 Å². The molecule has 1 aromatic rings. The van der Waals surface area contributed by atoms with Crippen LogP contribution in [0, 0.1) is 0 Å². The van der Waals surface area contributed by atoms with E-state index >= 15 is 0 Å². The normalized spacial score (nSPS) is 11.6. The molecule has 0 aromatic carbocycles. The Morgan fingerprint density at radius 3 is 2.63 bits per heavy atom. The van der Waals surface area contributed by atoms with Gasteiger partial charge in [-0.05, 0) is 6.07 Å². The monoisotopic (exact) mass is 307 g/mol. The Balaban J connectivity index is 3.16. The number of sulfonamides is 1.